The number of fused-ring (bicyclic) bond motifs is 1. The lowest BCUT2D eigenvalue weighted by Gasteiger charge is -2.16. The molecule has 0 amide bonds. The Labute approximate surface area is 113 Å². The molecule has 0 spiro atoms. The standard InChI is InChI=1S/C16H18OS/c1-11-8-9-14-12(2)16(17-15(14)10-11)18-13-6-4-3-5-7-13/h3-7,11H,8-10H2,1-2H3/t11-/m1/s1. The van der Waals surface area contributed by atoms with Crippen LogP contribution in [0.2, 0.25) is 0 Å². The summed E-state index contributed by atoms with van der Waals surface area (Å²) >= 11 is 1.74. The Morgan fingerprint density at radius 2 is 2.00 bits per heavy atom. The zero-order chi connectivity index (χ0) is 12.5. The zero-order valence-corrected chi connectivity index (χ0v) is 11.7. The second-order valence-corrected chi connectivity index (χ2v) is 6.23. The molecule has 3 rings (SSSR count). The molecule has 0 saturated carbocycles. The number of hydrogen-bond donors (Lipinski definition) is 0. The molecular weight excluding hydrogens is 240 g/mol. The van der Waals surface area contributed by atoms with Crippen molar-refractivity contribution in [1.82, 2.24) is 0 Å². The van der Waals surface area contributed by atoms with Crippen molar-refractivity contribution in [3.8, 4) is 0 Å². The summed E-state index contributed by atoms with van der Waals surface area (Å²) < 4.78 is 6.07. The van der Waals surface area contributed by atoms with Crippen LogP contribution in [0.4, 0.5) is 0 Å². The first kappa shape index (κ1) is 11.9. The highest BCUT2D eigenvalue weighted by molar-refractivity contribution is 7.99. The molecule has 1 aromatic heterocycles. The first-order chi connectivity index (χ1) is 8.74. The van der Waals surface area contributed by atoms with E-state index >= 15 is 0 Å². The van der Waals surface area contributed by atoms with Gasteiger partial charge in [-0.2, -0.15) is 0 Å². The van der Waals surface area contributed by atoms with Crippen LogP contribution in [0, 0.1) is 12.8 Å². The summed E-state index contributed by atoms with van der Waals surface area (Å²) in [6, 6.07) is 10.5. The third-order valence-corrected chi connectivity index (χ3v) is 4.77. The van der Waals surface area contributed by atoms with E-state index in [4.69, 9.17) is 4.42 Å². The minimum atomic E-state index is 0.762. The van der Waals surface area contributed by atoms with Crippen molar-refractivity contribution in [2.45, 2.75) is 43.1 Å². The Morgan fingerprint density at radius 3 is 2.78 bits per heavy atom. The van der Waals surface area contributed by atoms with Crippen LogP contribution < -0.4 is 0 Å². The maximum Gasteiger partial charge on any atom is 0.168 e. The zero-order valence-electron chi connectivity index (χ0n) is 10.9. The fraction of sp³-hybridized carbons (Fsp3) is 0.375. The lowest BCUT2D eigenvalue weighted by molar-refractivity contribution is 0.376. The van der Waals surface area contributed by atoms with Gasteiger partial charge in [-0.05, 0) is 43.4 Å². The lowest BCUT2D eigenvalue weighted by atomic mass is 9.88. The predicted octanol–water partition coefficient (Wildman–Crippen LogP) is 4.86. The molecule has 1 atom stereocenters. The van der Waals surface area contributed by atoms with E-state index in [1.54, 1.807) is 11.8 Å². The number of rotatable bonds is 2. The van der Waals surface area contributed by atoms with Gasteiger partial charge in [-0.3, -0.25) is 0 Å². The second-order valence-electron chi connectivity index (χ2n) is 5.18. The summed E-state index contributed by atoms with van der Waals surface area (Å²) in [5.74, 6) is 1.99. The summed E-state index contributed by atoms with van der Waals surface area (Å²) in [7, 11) is 0. The molecular formula is C16H18OS. The van der Waals surface area contributed by atoms with Crippen molar-refractivity contribution in [2.24, 2.45) is 5.92 Å². The minimum absolute atomic E-state index is 0.762. The van der Waals surface area contributed by atoms with Crippen LogP contribution in [0.3, 0.4) is 0 Å². The van der Waals surface area contributed by atoms with Crippen LogP contribution in [-0.4, -0.2) is 0 Å². The third-order valence-electron chi connectivity index (χ3n) is 3.69. The van der Waals surface area contributed by atoms with Crippen molar-refractivity contribution in [3.05, 3.63) is 47.2 Å². The van der Waals surface area contributed by atoms with Crippen LogP contribution in [0.1, 0.15) is 30.2 Å². The summed E-state index contributed by atoms with van der Waals surface area (Å²) in [5.41, 5.74) is 2.82. The van der Waals surface area contributed by atoms with Gasteiger partial charge in [0.05, 0.1) is 0 Å². The molecule has 0 fully saturated rings. The quantitative estimate of drug-likeness (QED) is 0.762. The molecule has 1 heterocycles. The SMILES string of the molecule is Cc1c(Sc2ccccc2)oc2c1CC[C@@H](C)C2. The van der Waals surface area contributed by atoms with Gasteiger partial charge in [-0.15, -0.1) is 0 Å². The third kappa shape index (κ3) is 2.22. The topological polar surface area (TPSA) is 13.1 Å². The van der Waals surface area contributed by atoms with E-state index in [9.17, 15) is 0 Å². The van der Waals surface area contributed by atoms with Gasteiger partial charge in [0.1, 0.15) is 5.76 Å². The van der Waals surface area contributed by atoms with Gasteiger partial charge < -0.3 is 4.42 Å². The Hall–Kier alpha value is -1.15. The van der Waals surface area contributed by atoms with E-state index in [0.29, 0.717) is 0 Å². The molecule has 0 unspecified atom stereocenters. The van der Waals surface area contributed by atoms with Gasteiger partial charge in [0.15, 0.2) is 5.09 Å². The first-order valence-electron chi connectivity index (χ1n) is 6.58. The molecule has 1 aliphatic rings. The maximum absolute atomic E-state index is 6.07. The molecule has 0 saturated heterocycles. The molecule has 0 N–H and O–H groups in total. The summed E-state index contributed by atoms with van der Waals surface area (Å²) in [5, 5.41) is 1.08. The Bertz CT molecular complexity index is 542. The summed E-state index contributed by atoms with van der Waals surface area (Å²) in [6.45, 7) is 4.51. The van der Waals surface area contributed by atoms with Crippen molar-refractivity contribution < 1.29 is 4.42 Å². The smallest absolute Gasteiger partial charge is 0.168 e. The Morgan fingerprint density at radius 1 is 1.22 bits per heavy atom. The van der Waals surface area contributed by atoms with Crippen molar-refractivity contribution in [1.29, 1.82) is 0 Å². The fourth-order valence-electron chi connectivity index (χ4n) is 2.58. The molecule has 0 bridgehead atoms. The normalized spacial score (nSPS) is 18.7. The second kappa shape index (κ2) is 4.85. The van der Waals surface area contributed by atoms with Gasteiger partial charge in [0.25, 0.3) is 0 Å². The highest BCUT2D eigenvalue weighted by atomic mass is 32.2. The van der Waals surface area contributed by atoms with Gasteiger partial charge in [-0.25, -0.2) is 0 Å². The highest BCUT2D eigenvalue weighted by Crippen LogP contribution is 2.38. The molecule has 94 valence electrons. The Kier molecular flexibility index (Phi) is 3.21. The van der Waals surface area contributed by atoms with Crippen molar-refractivity contribution in [2.75, 3.05) is 0 Å². The average molecular weight is 258 g/mol. The largest absolute Gasteiger partial charge is 0.454 e. The fourth-order valence-corrected chi connectivity index (χ4v) is 3.50. The molecule has 1 aromatic carbocycles. The van der Waals surface area contributed by atoms with E-state index < -0.39 is 0 Å². The molecule has 2 heteroatoms. The summed E-state index contributed by atoms with van der Waals surface area (Å²) in [4.78, 5) is 1.25. The van der Waals surface area contributed by atoms with E-state index in [-0.39, 0.29) is 0 Å². The van der Waals surface area contributed by atoms with Gasteiger partial charge >= 0.3 is 0 Å². The van der Waals surface area contributed by atoms with Crippen LogP contribution >= 0.6 is 11.8 Å². The van der Waals surface area contributed by atoms with E-state index in [1.807, 2.05) is 6.07 Å². The molecule has 18 heavy (non-hydrogen) atoms. The number of benzene rings is 1. The molecule has 2 aromatic rings. The number of hydrogen-bond acceptors (Lipinski definition) is 2. The van der Waals surface area contributed by atoms with Crippen LogP contribution in [-0.2, 0) is 12.8 Å². The van der Waals surface area contributed by atoms with Crippen LogP contribution in [0.25, 0.3) is 0 Å². The molecule has 1 nitrogen and oxygen atoms in total. The van der Waals surface area contributed by atoms with E-state index in [0.717, 1.165) is 17.4 Å². The molecule has 0 radical (unpaired) electrons. The summed E-state index contributed by atoms with van der Waals surface area (Å²) in [6.07, 6.45) is 3.58. The van der Waals surface area contributed by atoms with Crippen molar-refractivity contribution >= 4 is 11.8 Å². The minimum Gasteiger partial charge on any atom is -0.454 e. The van der Waals surface area contributed by atoms with Gasteiger partial charge in [-0.1, -0.05) is 36.9 Å². The maximum atomic E-state index is 6.07. The van der Waals surface area contributed by atoms with E-state index in [1.165, 1.54) is 34.6 Å². The van der Waals surface area contributed by atoms with Crippen LogP contribution in [0.5, 0.6) is 0 Å². The Balaban J connectivity index is 1.90. The van der Waals surface area contributed by atoms with E-state index in [2.05, 4.69) is 38.1 Å². The predicted molar refractivity (Wildman–Crippen MR) is 75.2 cm³/mol. The van der Waals surface area contributed by atoms with Crippen molar-refractivity contribution in [3.63, 3.8) is 0 Å². The van der Waals surface area contributed by atoms with Gasteiger partial charge in [0.2, 0.25) is 0 Å². The van der Waals surface area contributed by atoms with Gasteiger partial charge in [0, 0.05) is 16.9 Å². The number of furan rings is 1. The first-order valence-corrected chi connectivity index (χ1v) is 7.39. The lowest BCUT2D eigenvalue weighted by Crippen LogP contribution is -2.09. The molecule has 1 aliphatic carbocycles. The monoisotopic (exact) mass is 258 g/mol. The van der Waals surface area contributed by atoms with Crippen LogP contribution in [0.15, 0.2) is 44.7 Å². The molecule has 0 aliphatic heterocycles. The highest BCUT2D eigenvalue weighted by Gasteiger charge is 2.23. The average Bonchev–Trinajstić information content (AvgIpc) is 2.67.